The van der Waals surface area contributed by atoms with Crippen molar-refractivity contribution in [3.8, 4) is 6.07 Å². The molecule has 0 rings (SSSR count). The predicted molar refractivity (Wildman–Crippen MR) is 87.5 cm³/mol. The van der Waals surface area contributed by atoms with Crippen molar-refractivity contribution in [2.45, 2.75) is 78.1 Å². The largest absolute Gasteiger partial charge is 0.319 e. The van der Waals surface area contributed by atoms with Gasteiger partial charge in [-0.05, 0) is 18.8 Å². The minimum absolute atomic E-state index is 0.200. The van der Waals surface area contributed by atoms with Crippen molar-refractivity contribution in [3.63, 3.8) is 0 Å². The predicted octanol–water partition coefficient (Wildman–Crippen LogP) is 5.49. The third kappa shape index (κ3) is 14.3. The van der Waals surface area contributed by atoms with Crippen LogP contribution in [0.5, 0.6) is 0 Å². The molecule has 0 fully saturated rings. The minimum atomic E-state index is -2.42. The van der Waals surface area contributed by atoms with Gasteiger partial charge in [-0.2, -0.15) is 5.26 Å². The smallest absolute Gasteiger partial charge is 0.310 e. The van der Waals surface area contributed by atoms with Crippen LogP contribution in [0.4, 0.5) is 0 Å². The van der Waals surface area contributed by atoms with Crippen molar-refractivity contribution in [2.24, 2.45) is 5.92 Å². The van der Waals surface area contributed by atoms with Gasteiger partial charge in [-0.25, -0.2) is 0 Å². The number of hydrogen-bond acceptors (Lipinski definition) is 4. The minimum Gasteiger partial charge on any atom is -0.310 e. The highest BCUT2D eigenvalue weighted by Gasteiger charge is 2.11. The van der Waals surface area contributed by atoms with Crippen LogP contribution in [0.15, 0.2) is 0 Å². The highest BCUT2D eigenvalue weighted by atomic mass is 31.1. The summed E-state index contributed by atoms with van der Waals surface area (Å²) < 4.78 is 21.9. The maximum atomic E-state index is 11.6. The van der Waals surface area contributed by atoms with Crippen molar-refractivity contribution in [2.75, 3.05) is 13.2 Å². The average Bonchev–Trinajstić information content (AvgIpc) is 2.49. The lowest BCUT2D eigenvalue weighted by atomic mass is 9.95. The summed E-state index contributed by atoms with van der Waals surface area (Å²) in [6.07, 6.45) is 11.3. The van der Waals surface area contributed by atoms with Gasteiger partial charge in [-0.1, -0.05) is 58.8 Å². The van der Waals surface area contributed by atoms with E-state index in [1.807, 2.05) is 6.07 Å². The van der Waals surface area contributed by atoms with E-state index < -0.39 is 8.25 Å². The fourth-order valence-corrected chi connectivity index (χ4v) is 2.99. The van der Waals surface area contributed by atoms with Crippen LogP contribution < -0.4 is 0 Å². The second-order valence-electron chi connectivity index (χ2n) is 5.53. The highest BCUT2D eigenvalue weighted by molar-refractivity contribution is 7.33. The van der Waals surface area contributed by atoms with Gasteiger partial charge in [0.15, 0.2) is 0 Å². The number of nitrogens with zero attached hydrogens (tertiary/aromatic N) is 1. The van der Waals surface area contributed by atoms with E-state index in [0.29, 0.717) is 12.5 Å². The molecule has 21 heavy (non-hydrogen) atoms. The van der Waals surface area contributed by atoms with Gasteiger partial charge in [-0.3, -0.25) is 4.57 Å². The fraction of sp³-hybridized carbons (Fsp3) is 0.938. The van der Waals surface area contributed by atoms with Crippen LogP contribution in [0.2, 0.25) is 0 Å². The molecule has 0 aliphatic carbocycles. The topological polar surface area (TPSA) is 59.3 Å². The van der Waals surface area contributed by atoms with Gasteiger partial charge in [0.25, 0.3) is 0 Å². The lowest BCUT2D eigenvalue weighted by molar-refractivity contribution is 0.186. The first kappa shape index (κ1) is 20.6. The SMILES string of the molecule is CCCCCCC(CCCCC)CO[PH](=O)OCCC#N. The van der Waals surface area contributed by atoms with E-state index in [2.05, 4.69) is 13.8 Å². The molecule has 0 spiro atoms. The Morgan fingerprint density at radius 3 is 2.24 bits per heavy atom. The number of unbranched alkanes of at least 4 members (excludes halogenated alkanes) is 5. The van der Waals surface area contributed by atoms with Crippen LogP contribution >= 0.6 is 8.25 Å². The zero-order chi connectivity index (χ0) is 15.8. The van der Waals surface area contributed by atoms with E-state index in [1.165, 1.54) is 44.9 Å². The number of rotatable bonds is 15. The molecule has 0 radical (unpaired) electrons. The molecular formula is C16H32NO3P. The average molecular weight is 317 g/mol. The summed E-state index contributed by atoms with van der Waals surface area (Å²) in [7, 11) is -2.42. The molecule has 4 nitrogen and oxygen atoms in total. The van der Waals surface area contributed by atoms with E-state index in [4.69, 9.17) is 14.3 Å². The Balaban J connectivity index is 3.89. The van der Waals surface area contributed by atoms with Crippen molar-refractivity contribution in [3.05, 3.63) is 0 Å². The van der Waals surface area contributed by atoms with Crippen LogP contribution in [0.3, 0.4) is 0 Å². The normalized spacial score (nSPS) is 13.8. The first-order valence-corrected chi connectivity index (χ1v) is 9.63. The molecular weight excluding hydrogens is 285 g/mol. The molecule has 0 aromatic heterocycles. The number of hydrogen-bond donors (Lipinski definition) is 0. The van der Waals surface area contributed by atoms with E-state index in [9.17, 15) is 4.57 Å². The quantitative estimate of drug-likeness (QED) is 0.296. The van der Waals surface area contributed by atoms with Crippen LogP contribution in [-0.4, -0.2) is 13.2 Å². The first-order chi connectivity index (χ1) is 10.2. The first-order valence-electron chi connectivity index (χ1n) is 8.41. The molecule has 0 amide bonds. The maximum Gasteiger partial charge on any atom is 0.319 e. The summed E-state index contributed by atoms with van der Waals surface area (Å²) in [5.74, 6) is 0.488. The van der Waals surface area contributed by atoms with Gasteiger partial charge < -0.3 is 9.05 Å². The third-order valence-electron chi connectivity index (χ3n) is 3.55. The van der Waals surface area contributed by atoms with Gasteiger partial charge in [0, 0.05) is 0 Å². The van der Waals surface area contributed by atoms with E-state index in [-0.39, 0.29) is 13.0 Å². The highest BCUT2D eigenvalue weighted by Crippen LogP contribution is 2.27. The van der Waals surface area contributed by atoms with E-state index >= 15 is 0 Å². The van der Waals surface area contributed by atoms with Crippen molar-refractivity contribution < 1.29 is 13.6 Å². The van der Waals surface area contributed by atoms with Crippen molar-refractivity contribution >= 4 is 8.25 Å². The molecule has 2 unspecified atom stereocenters. The van der Waals surface area contributed by atoms with Crippen LogP contribution in [0.1, 0.15) is 78.1 Å². The van der Waals surface area contributed by atoms with Gasteiger partial charge in [0.1, 0.15) is 0 Å². The molecule has 5 heteroatoms. The number of nitriles is 1. The molecule has 124 valence electrons. The summed E-state index contributed by atoms with van der Waals surface area (Å²) in [6, 6.07) is 1.96. The molecule has 0 aromatic carbocycles. The standard InChI is InChI=1S/C16H32NO3P/c1-3-5-7-9-12-16(11-8-6-4-2)15-20-21(18)19-14-10-13-17/h16,21H,3-12,14-15H2,1-2H3. The van der Waals surface area contributed by atoms with Gasteiger partial charge in [0.2, 0.25) is 0 Å². The van der Waals surface area contributed by atoms with Gasteiger partial charge >= 0.3 is 8.25 Å². The molecule has 0 N–H and O–H groups in total. The third-order valence-corrected chi connectivity index (χ3v) is 4.39. The Hall–Kier alpha value is -0.360. The molecule has 0 aliphatic rings. The second kappa shape index (κ2) is 16.0. The van der Waals surface area contributed by atoms with Crippen LogP contribution in [-0.2, 0) is 13.6 Å². The summed E-state index contributed by atoms with van der Waals surface area (Å²) in [6.45, 7) is 5.15. The van der Waals surface area contributed by atoms with Crippen molar-refractivity contribution in [1.82, 2.24) is 0 Å². The van der Waals surface area contributed by atoms with E-state index in [1.54, 1.807) is 0 Å². The Morgan fingerprint density at radius 1 is 1.00 bits per heavy atom. The summed E-state index contributed by atoms with van der Waals surface area (Å²) in [5, 5.41) is 8.40. The molecule has 0 bridgehead atoms. The maximum absolute atomic E-state index is 11.6. The summed E-state index contributed by atoms with van der Waals surface area (Å²) >= 11 is 0. The molecule has 0 saturated heterocycles. The molecule has 2 atom stereocenters. The molecule has 0 aromatic rings. The summed E-state index contributed by atoms with van der Waals surface area (Å²) in [4.78, 5) is 0. The molecule has 0 heterocycles. The Labute approximate surface area is 131 Å². The zero-order valence-corrected chi connectivity index (χ0v) is 14.7. The Bertz CT molecular complexity index is 292. The zero-order valence-electron chi connectivity index (χ0n) is 13.7. The van der Waals surface area contributed by atoms with E-state index in [0.717, 1.165) is 12.8 Å². The monoisotopic (exact) mass is 317 g/mol. The lowest BCUT2D eigenvalue weighted by Gasteiger charge is -2.16. The molecule has 0 aliphatic heterocycles. The van der Waals surface area contributed by atoms with Gasteiger partial charge in [0.05, 0.1) is 25.7 Å². The fourth-order valence-electron chi connectivity index (χ4n) is 2.26. The lowest BCUT2D eigenvalue weighted by Crippen LogP contribution is -2.08. The summed E-state index contributed by atoms with van der Waals surface area (Å²) in [5.41, 5.74) is 0. The van der Waals surface area contributed by atoms with Crippen LogP contribution in [0, 0.1) is 17.2 Å². The Morgan fingerprint density at radius 2 is 1.62 bits per heavy atom. The van der Waals surface area contributed by atoms with Gasteiger partial charge in [-0.15, -0.1) is 0 Å². The second-order valence-corrected chi connectivity index (χ2v) is 6.61. The Kier molecular flexibility index (Phi) is 15.7. The molecule has 0 saturated carbocycles. The van der Waals surface area contributed by atoms with Crippen LogP contribution in [0.25, 0.3) is 0 Å². The van der Waals surface area contributed by atoms with Crippen molar-refractivity contribution in [1.29, 1.82) is 5.26 Å².